The van der Waals surface area contributed by atoms with Crippen molar-refractivity contribution >= 4 is 17.9 Å². The summed E-state index contributed by atoms with van der Waals surface area (Å²) in [7, 11) is 0. The molecule has 0 amide bonds. The quantitative estimate of drug-likeness (QED) is 0.0199. The molecule has 0 saturated carbocycles. The lowest BCUT2D eigenvalue weighted by molar-refractivity contribution is -0.167. The van der Waals surface area contributed by atoms with Gasteiger partial charge in [0.1, 0.15) is 13.2 Å². The lowest BCUT2D eigenvalue weighted by atomic mass is 10.1. The number of carbonyl (C=O) groups is 3. The Hall–Kier alpha value is -2.89. The molecule has 1 atom stereocenters. The highest BCUT2D eigenvalue weighted by Gasteiger charge is 2.19. The van der Waals surface area contributed by atoms with Crippen molar-refractivity contribution in [1.29, 1.82) is 0 Å². The van der Waals surface area contributed by atoms with Gasteiger partial charge < -0.3 is 14.2 Å². The van der Waals surface area contributed by atoms with E-state index in [1.807, 2.05) is 0 Å². The van der Waals surface area contributed by atoms with Crippen molar-refractivity contribution in [2.45, 2.75) is 335 Å². The molecule has 0 rings (SSSR count). The van der Waals surface area contributed by atoms with Crippen molar-refractivity contribution in [2.75, 3.05) is 13.2 Å². The molecule has 424 valence electrons. The highest BCUT2D eigenvalue weighted by molar-refractivity contribution is 5.71. The second kappa shape index (κ2) is 61.7. The zero-order valence-corrected chi connectivity index (χ0v) is 48.7. The van der Waals surface area contributed by atoms with Gasteiger partial charge in [0.15, 0.2) is 6.10 Å². The first-order valence-electron chi connectivity index (χ1n) is 31.8. The highest BCUT2D eigenvalue weighted by Crippen LogP contribution is 2.16. The van der Waals surface area contributed by atoms with E-state index in [9.17, 15) is 14.4 Å². The summed E-state index contributed by atoms with van der Waals surface area (Å²) in [5, 5.41) is 0. The summed E-state index contributed by atoms with van der Waals surface area (Å²) in [5.41, 5.74) is 0. The summed E-state index contributed by atoms with van der Waals surface area (Å²) in [4.78, 5) is 38.3. The van der Waals surface area contributed by atoms with Crippen LogP contribution in [0.15, 0.2) is 60.8 Å². The van der Waals surface area contributed by atoms with Gasteiger partial charge in [0.05, 0.1) is 0 Å². The number of carbonyl (C=O) groups excluding carboxylic acids is 3. The molecule has 0 saturated heterocycles. The fourth-order valence-electron chi connectivity index (χ4n) is 9.17. The minimum atomic E-state index is -0.782. The monoisotopic (exact) mass is 1020 g/mol. The molecule has 0 fully saturated rings. The van der Waals surface area contributed by atoms with Gasteiger partial charge in [-0.3, -0.25) is 14.4 Å². The van der Waals surface area contributed by atoms with Crippen LogP contribution in [-0.4, -0.2) is 37.2 Å². The second-order valence-electron chi connectivity index (χ2n) is 21.3. The van der Waals surface area contributed by atoms with Gasteiger partial charge in [0.25, 0.3) is 0 Å². The van der Waals surface area contributed by atoms with Crippen LogP contribution in [0.5, 0.6) is 0 Å². The van der Waals surface area contributed by atoms with E-state index in [1.54, 1.807) is 0 Å². The minimum absolute atomic E-state index is 0.0787. The molecule has 0 aromatic carbocycles. The van der Waals surface area contributed by atoms with E-state index < -0.39 is 6.10 Å². The highest BCUT2D eigenvalue weighted by atomic mass is 16.6. The summed E-state index contributed by atoms with van der Waals surface area (Å²) in [6, 6.07) is 0. The molecule has 0 N–H and O–H groups in total. The molecule has 0 spiro atoms. The fraction of sp³-hybridized carbons (Fsp3) is 0.806. The minimum Gasteiger partial charge on any atom is -0.462 e. The Balaban J connectivity index is 4.38. The van der Waals surface area contributed by atoms with Crippen LogP contribution >= 0.6 is 0 Å². The number of ether oxygens (including phenoxy) is 3. The molecule has 73 heavy (non-hydrogen) atoms. The number of unbranched alkanes of at least 4 members (excludes halogenated alkanes) is 38. The molecule has 0 aromatic heterocycles. The van der Waals surface area contributed by atoms with Gasteiger partial charge in [-0.05, 0) is 103 Å². The first kappa shape index (κ1) is 70.1. The lowest BCUT2D eigenvalue weighted by Gasteiger charge is -2.18. The van der Waals surface area contributed by atoms with Gasteiger partial charge in [-0.25, -0.2) is 0 Å². The van der Waals surface area contributed by atoms with E-state index in [-0.39, 0.29) is 31.1 Å². The van der Waals surface area contributed by atoms with Crippen molar-refractivity contribution in [3.05, 3.63) is 60.8 Å². The van der Waals surface area contributed by atoms with Crippen LogP contribution in [0.3, 0.4) is 0 Å². The summed E-state index contributed by atoms with van der Waals surface area (Å²) in [6.07, 6.45) is 77.8. The lowest BCUT2D eigenvalue weighted by Crippen LogP contribution is -2.30. The molecule has 0 radical (unpaired) electrons. The van der Waals surface area contributed by atoms with Crippen LogP contribution in [0.4, 0.5) is 0 Å². The van der Waals surface area contributed by atoms with Crippen molar-refractivity contribution in [2.24, 2.45) is 0 Å². The second-order valence-corrected chi connectivity index (χ2v) is 21.3. The average molecular weight is 1020 g/mol. The third kappa shape index (κ3) is 59.9. The Morgan fingerprint density at radius 1 is 0.288 bits per heavy atom. The van der Waals surface area contributed by atoms with E-state index in [0.29, 0.717) is 19.3 Å². The molecule has 0 aromatic rings. The van der Waals surface area contributed by atoms with Gasteiger partial charge in [0, 0.05) is 19.3 Å². The third-order valence-corrected chi connectivity index (χ3v) is 14.0. The fourth-order valence-corrected chi connectivity index (χ4v) is 9.17. The molecule has 0 heterocycles. The maximum absolute atomic E-state index is 12.9. The van der Waals surface area contributed by atoms with Crippen LogP contribution in [0.25, 0.3) is 0 Å². The summed E-state index contributed by atoms with van der Waals surface area (Å²) < 4.78 is 16.9. The zero-order chi connectivity index (χ0) is 52.9. The molecule has 1 unspecified atom stereocenters. The van der Waals surface area contributed by atoms with Gasteiger partial charge in [-0.2, -0.15) is 0 Å². The molecule has 6 nitrogen and oxygen atoms in total. The standard InChI is InChI=1S/C67H120O6/c1-4-7-10-13-16-19-22-25-28-31-33-36-39-42-45-48-51-54-57-60-66(69)72-63-64(62-71-65(68)59-56-53-50-47-44-41-38-35-30-27-24-21-18-15-12-9-6-3)73-67(70)61-58-55-52-49-46-43-40-37-34-32-29-26-23-20-17-14-11-8-5-2/h16,18-19,21-22,25,27,30,32,34,64H,4-15,17,20,23-24,26,28-29,31,33,35-63H2,1-3H3/b19-16-,21-18-,25-22-,30-27-,34-32-. The normalized spacial score (nSPS) is 12.4. The Bertz CT molecular complexity index is 1310. The van der Waals surface area contributed by atoms with Crippen molar-refractivity contribution < 1.29 is 28.6 Å². The van der Waals surface area contributed by atoms with Crippen molar-refractivity contribution in [3.63, 3.8) is 0 Å². The first-order valence-corrected chi connectivity index (χ1v) is 31.8. The average Bonchev–Trinajstić information content (AvgIpc) is 3.39. The smallest absolute Gasteiger partial charge is 0.306 e. The Kier molecular flexibility index (Phi) is 59.2. The van der Waals surface area contributed by atoms with Crippen LogP contribution in [-0.2, 0) is 28.6 Å². The van der Waals surface area contributed by atoms with E-state index in [1.165, 1.54) is 218 Å². The molecule has 0 aliphatic heterocycles. The Morgan fingerprint density at radius 3 is 0.877 bits per heavy atom. The van der Waals surface area contributed by atoms with Gasteiger partial charge in [-0.1, -0.05) is 268 Å². The summed E-state index contributed by atoms with van der Waals surface area (Å²) in [6.45, 7) is 6.62. The molecule has 0 aliphatic rings. The number of rotatable bonds is 58. The maximum atomic E-state index is 12.9. The largest absolute Gasteiger partial charge is 0.462 e. The molecular weight excluding hydrogens is 901 g/mol. The van der Waals surface area contributed by atoms with Crippen molar-refractivity contribution in [3.8, 4) is 0 Å². The zero-order valence-electron chi connectivity index (χ0n) is 48.7. The Morgan fingerprint density at radius 2 is 0.534 bits per heavy atom. The van der Waals surface area contributed by atoms with E-state index in [4.69, 9.17) is 14.2 Å². The van der Waals surface area contributed by atoms with E-state index in [0.717, 1.165) is 70.6 Å². The molecule has 6 heteroatoms. The molecule has 0 aliphatic carbocycles. The summed E-state index contributed by atoms with van der Waals surface area (Å²) in [5.74, 6) is -0.877. The maximum Gasteiger partial charge on any atom is 0.306 e. The van der Waals surface area contributed by atoms with Crippen LogP contribution in [0.2, 0.25) is 0 Å². The summed E-state index contributed by atoms with van der Waals surface area (Å²) >= 11 is 0. The number of hydrogen-bond donors (Lipinski definition) is 0. The van der Waals surface area contributed by atoms with Gasteiger partial charge in [0.2, 0.25) is 0 Å². The van der Waals surface area contributed by atoms with Crippen LogP contribution < -0.4 is 0 Å². The molecular formula is C67H120O6. The van der Waals surface area contributed by atoms with Gasteiger partial charge >= 0.3 is 17.9 Å². The van der Waals surface area contributed by atoms with E-state index >= 15 is 0 Å². The predicted octanol–water partition coefficient (Wildman–Crippen LogP) is 21.6. The van der Waals surface area contributed by atoms with E-state index in [2.05, 4.69) is 81.5 Å². The number of allylic oxidation sites excluding steroid dienone is 10. The topological polar surface area (TPSA) is 78.9 Å². The van der Waals surface area contributed by atoms with Crippen LogP contribution in [0, 0.1) is 0 Å². The number of hydrogen-bond acceptors (Lipinski definition) is 6. The third-order valence-electron chi connectivity index (χ3n) is 14.0. The van der Waals surface area contributed by atoms with Gasteiger partial charge in [-0.15, -0.1) is 0 Å². The SMILES string of the molecule is CCCCC/C=C\C=C/CCCCCCCCCCCCC(=O)OCC(COC(=O)CCCCCCCCC/C=C\C/C=C\CCCCC)OC(=O)CCCCCCCCC/C=C\CCCCCCCCCC. The Labute approximate surface area is 453 Å². The first-order chi connectivity index (χ1) is 36.0. The number of esters is 3. The van der Waals surface area contributed by atoms with Crippen molar-refractivity contribution in [1.82, 2.24) is 0 Å². The predicted molar refractivity (Wildman–Crippen MR) is 316 cm³/mol. The molecule has 0 bridgehead atoms. The van der Waals surface area contributed by atoms with Crippen LogP contribution in [0.1, 0.15) is 329 Å².